The number of hydrogen-bond acceptors (Lipinski definition) is 2. The van der Waals surface area contributed by atoms with E-state index in [0.29, 0.717) is 0 Å². The van der Waals surface area contributed by atoms with Gasteiger partial charge in [-0.25, -0.2) is 4.79 Å². The Morgan fingerprint density at radius 1 is 1.71 bits per heavy atom. The average molecular weight is 123 g/mol. The van der Waals surface area contributed by atoms with Crippen LogP contribution >= 0.6 is 8.03 Å². The molecule has 7 heavy (non-hydrogen) atoms. The molecular weight excluding hydrogens is 119 g/mol. The van der Waals surface area contributed by atoms with Crippen molar-refractivity contribution in [2.45, 2.75) is 0 Å². The molecule has 0 spiro atoms. The highest BCUT2D eigenvalue weighted by Gasteiger charge is 2.15. The SMILES string of the molecule is O=C(O)C[P+](=O)O. The van der Waals surface area contributed by atoms with E-state index in [4.69, 9.17) is 10.00 Å². The summed E-state index contributed by atoms with van der Waals surface area (Å²) < 4.78 is 9.58. The molecule has 0 amide bonds. The summed E-state index contributed by atoms with van der Waals surface area (Å²) in [6, 6.07) is 0. The molecule has 1 atom stereocenters. The highest BCUT2D eigenvalue weighted by Crippen LogP contribution is 2.09. The van der Waals surface area contributed by atoms with Gasteiger partial charge in [-0.05, 0) is 4.57 Å². The van der Waals surface area contributed by atoms with Gasteiger partial charge in [-0.15, -0.1) is 0 Å². The second kappa shape index (κ2) is 2.66. The predicted octanol–water partition coefficient (Wildman–Crippen LogP) is -0.194. The van der Waals surface area contributed by atoms with Crippen molar-refractivity contribution in [3.8, 4) is 0 Å². The van der Waals surface area contributed by atoms with Crippen LogP contribution < -0.4 is 0 Å². The zero-order valence-electron chi connectivity index (χ0n) is 3.37. The van der Waals surface area contributed by atoms with E-state index in [1.165, 1.54) is 0 Å². The van der Waals surface area contributed by atoms with Gasteiger partial charge in [-0.2, -0.15) is 4.89 Å². The molecule has 5 heteroatoms. The van der Waals surface area contributed by atoms with Crippen molar-refractivity contribution in [3.63, 3.8) is 0 Å². The molecule has 0 aromatic carbocycles. The molecule has 0 aromatic heterocycles. The van der Waals surface area contributed by atoms with Gasteiger partial charge < -0.3 is 5.11 Å². The maximum atomic E-state index is 9.58. The summed E-state index contributed by atoms with van der Waals surface area (Å²) in [5.41, 5.74) is 0. The molecular formula is C2H4O4P+. The fraction of sp³-hybridized carbons (Fsp3) is 0.500. The highest BCUT2D eigenvalue weighted by atomic mass is 31.1. The molecule has 0 saturated carbocycles. The van der Waals surface area contributed by atoms with Crippen molar-refractivity contribution >= 4 is 14.0 Å². The molecule has 0 aliphatic heterocycles. The van der Waals surface area contributed by atoms with Gasteiger partial charge in [-0.1, -0.05) is 0 Å². The van der Waals surface area contributed by atoms with Crippen LogP contribution in [0.1, 0.15) is 0 Å². The molecule has 1 unspecified atom stereocenters. The minimum absolute atomic E-state index is 0.657. The minimum Gasteiger partial charge on any atom is -0.478 e. The molecule has 0 radical (unpaired) electrons. The van der Waals surface area contributed by atoms with E-state index < -0.39 is 20.2 Å². The summed E-state index contributed by atoms with van der Waals surface area (Å²) in [5.74, 6) is -1.25. The summed E-state index contributed by atoms with van der Waals surface area (Å²) in [5, 5.41) is 7.74. The predicted molar refractivity (Wildman–Crippen MR) is 22.3 cm³/mol. The van der Waals surface area contributed by atoms with Crippen LogP contribution in [0.25, 0.3) is 0 Å². The summed E-state index contributed by atoms with van der Waals surface area (Å²) in [6.45, 7) is 0. The quantitative estimate of drug-likeness (QED) is 0.499. The largest absolute Gasteiger partial charge is 0.517 e. The molecule has 0 aliphatic rings. The third kappa shape index (κ3) is 5.53. The molecule has 0 aromatic rings. The van der Waals surface area contributed by atoms with Gasteiger partial charge >= 0.3 is 14.0 Å². The fourth-order valence-electron chi connectivity index (χ4n) is 0.116. The second-order valence-electron chi connectivity index (χ2n) is 0.904. The summed E-state index contributed by atoms with van der Waals surface area (Å²) in [4.78, 5) is 17.3. The van der Waals surface area contributed by atoms with Crippen molar-refractivity contribution in [3.05, 3.63) is 0 Å². The summed E-state index contributed by atoms with van der Waals surface area (Å²) in [7, 11) is -2.49. The number of carbonyl (C=O) groups is 1. The Hall–Kier alpha value is -0.470. The van der Waals surface area contributed by atoms with E-state index in [1.807, 2.05) is 0 Å². The van der Waals surface area contributed by atoms with Crippen LogP contribution in [-0.2, 0) is 9.36 Å². The van der Waals surface area contributed by atoms with Gasteiger partial charge in [-0.3, -0.25) is 0 Å². The molecule has 0 heterocycles. The Kier molecular flexibility index (Phi) is 2.48. The smallest absolute Gasteiger partial charge is 0.478 e. The van der Waals surface area contributed by atoms with Crippen LogP contribution in [0.15, 0.2) is 0 Å². The lowest BCUT2D eigenvalue weighted by Crippen LogP contribution is -1.96. The molecule has 0 fully saturated rings. The van der Waals surface area contributed by atoms with Crippen molar-refractivity contribution in [2.75, 3.05) is 6.16 Å². The van der Waals surface area contributed by atoms with Crippen molar-refractivity contribution in [1.29, 1.82) is 0 Å². The van der Waals surface area contributed by atoms with Gasteiger partial charge in [0.2, 0.25) is 0 Å². The maximum Gasteiger partial charge on any atom is 0.517 e. The highest BCUT2D eigenvalue weighted by molar-refractivity contribution is 7.39. The van der Waals surface area contributed by atoms with Gasteiger partial charge in [0, 0.05) is 0 Å². The molecule has 4 nitrogen and oxygen atoms in total. The topological polar surface area (TPSA) is 74.6 Å². The van der Waals surface area contributed by atoms with Crippen molar-refractivity contribution in [2.24, 2.45) is 0 Å². The van der Waals surface area contributed by atoms with Crippen LogP contribution in [0.2, 0.25) is 0 Å². The lowest BCUT2D eigenvalue weighted by atomic mass is 10.8. The number of rotatable bonds is 2. The molecule has 0 aliphatic carbocycles. The van der Waals surface area contributed by atoms with E-state index in [1.54, 1.807) is 0 Å². The molecule has 2 N–H and O–H groups in total. The summed E-state index contributed by atoms with van der Waals surface area (Å²) >= 11 is 0. The van der Waals surface area contributed by atoms with Crippen molar-refractivity contribution in [1.82, 2.24) is 0 Å². The number of aliphatic carboxylic acids is 1. The van der Waals surface area contributed by atoms with E-state index in [9.17, 15) is 9.36 Å². The van der Waals surface area contributed by atoms with E-state index in [0.717, 1.165) is 0 Å². The van der Waals surface area contributed by atoms with E-state index in [2.05, 4.69) is 0 Å². The Morgan fingerprint density at radius 2 is 2.14 bits per heavy atom. The lowest BCUT2D eigenvalue weighted by molar-refractivity contribution is -0.134. The number of hydrogen-bond donors (Lipinski definition) is 2. The molecule has 0 rings (SSSR count). The lowest BCUT2D eigenvalue weighted by Gasteiger charge is -1.68. The first-order valence-corrected chi connectivity index (χ1v) is 2.88. The number of carboxylic acid groups (broad SMARTS) is 1. The normalized spacial score (nSPS) is 10.7. The number of carboxylic acids is 1. The average Bonchev–Trinajstić information content (AvgIpc) is 1.27. The first-order chi connectivity index (χ1) is 3.13. The van der Waals surface area contributed by atoms with Gasteiger partial charge in [0.1, 0.15) is 0 Å². The Morgan fingerprint density at radius 3 is 2.14 bits per heavy atom. The molecule has 0 bridgehead atoms. The van der Waals surface area contributed by atoms with Crippen LogP contribution in [0.5, 0.6) is 0 Å². The van der Waals surface area contributed by atoms with Crippen LogP contribution in [0.3, 0.4) is 0 Å². The Bertz CT molecular complexity index is 85.9. The Balaban J connectivity index is 3.32. The summed E-state index contributed by atoms with van der Waals surface area (Å²) in [6.07, 6.45) is -0.657. The first-order valence-electron chi connectivity index (χ1n) is 1.48. The van der Waals surface area contributed by atoms with Gasteiger partial charge in [0.25, 0.3) is 6.16 Å². The monoisotopic (exact) mass is 123 g/mol. The van der Waals surface area contributed by atoms with Gasteiger partial charge in [0.05, 0.1) is 0 Å². The van der Waals surface area contributed by atoms with Crippen LogP contribution in [-0.4, -0.2) is 22.1 Å². The zero-order chi connectivity index (χ0) is 5.86. The van der Waals surface area contributed by atoms with Crippen LogP contribution in [0.4, 0.5) is 0 Å². The fourth-order valence-corrected chi connectivity index (χ4v) is 0.347. The third-order valence-corrected chi connectivity index (χ3v) is 0.812. The molecule has 0 saturated heterocycles. The van der Waals surface area contributed by atoms with E-state index in [-0.39, 0.29) is 0 Å². The van der Waals surface area contributed by atoms with E-state index >= 15 is 0 Å². The maximum absolute atomic E-state index is 9.58. The van der Waals surface area contributed by atoms with Crippen LogP contribution in [0, 0.1) is 0 Å². The standard InChI is InChI=1S/C2H3O4P/c3-2(4)1-7(5)6/h1H2,(H-,3,4,5,6)/p+1. The van der Waals surface area contributed by atoms with Gasteiger partial charge in [0.15, 0.2) is 0 Å². The Labute approximate surface area is 40.6 Å². The second-order valence-corrected chi connectivity index (χ2v) is 1.92. The first kappa shape index (κ1) is 6.53. The molecule has 40 valence electrons. The zero-order valence-corrected chi connectivity index (χ0v) is 4.26. The minimum atomic E-state index is -2.49. The van der Waals surface area contributed by atoms with Crippen molar-refractivity contribution < 1.29 is 19.4 Å². The third-order valence-electron chi connectivity index (χ3n) is 0.271.